The van der Waals surface area contributed by atoms with Crippen molar-refractivity contribution < 1.29 is 14.3 Å². The van der Waals surface area contributed by atoms with Crippen LogP contribution in [0.2, 0.25) is 0 Å². The molecule has 0 unspecified atom stereocenters. The number of benzene rings is 1. The van der Waals surface area contributed by atoms with Crippen LogP contribution in [0.25, 0.3) is 0 Å². The summed E-state index contributed by atoms with van der Waals surface area (Å²) < 4.78 is 10.7. The SMILES string of the molecule is COc1cccc(NC2CCC(NC(=O)OC(C)(C)C)CC2)c1C. The van der Waals surface area contributed by atoms with E-state index in [-0.39, 0.29) is 12.1 Å². The maximum Gasteiger partial charge on any atom is 0.407 e. The molecule has 1 aromatic carbocycles. The first-order valence-corrected chi connectivity index (χ1v) is 8.68. The molecule has 5 heteroatoms. The Morgan fingerprint density at radius 2 is 1.75 bits per heavy atom. The van der Waals surface area contributed by atoms with E-state index in [1.54, 1.807) is 7.11 Å². The number of ether oxygens (including phenoxy) is 2. The van der Waals surface area contributed by atoms with Crippen molar-refractivity contribution >= 4 is 11.8 Å². The van der Waals surface area contributed by atoms with E-state index < -0.39 is 5.60 Å². The number of anilines is 1. The summed E-state index contributed by atoms with van der Waals surface area (Å²) in [5, 5.41) is 6.59. The van der Waals surface area contributed by atoms with Gasteiger partial charge in [-0.1, -0.05) is 6.07 Å². The molecule has 134 valence electrons. The van der Waals surface area contributed by atoms with Crippen LogP contribution in [-0.4, -0.2) is 30.9 Å². The highest BCUT2D eigenvalue weighted by atomic mass is 16.6. The molecule has 0 spiro atoms. The molecule has 0 radical (unpaired) electrons. The lowest BCUT2D eigenvalue weighted by Crippen LogP contribution is -2.42. The van der Waals surface area contributed by atoms with Crippen molar-refractivity contribution in [2.24, 2.45) is 0 Å². The molecule has 2 rings (SSSR count). The first kappa shape index (κ1) is 18.4. The van der Waals surface area contributed by atoms with E-state index in [0.717, 1.165) is 42.7 Å². The third-order valence-electron chi connectivity index (χ3n) is 4.31. The van der Waals surface area contributed by atoms with Crippen LogP contribution in [0.4, 0.5) is 10.5 Å². The third kappa shape index (κ3) is 5.32. The van der Waals surface area contributed by atoms with Crippen LogP contribution >= 0.6 is 0 Å². The molecule has 1 amide bonds. The summed E-state index contributed by atoms with van der Waals surface area (Å²) in [7, 11) is 1.69. The van der Waals surface area contributed by atoms with Gasteiger partial charge in [0.15, 0.2) is 0 Å². The van der Waals surface area contributed by atoms with Gasteiger partial charge >= 0.3 is 6.09 Å². The lowest BCUT2D eigenvalue weighted by Gasteiger charge is -2.31. The van der Waals surface area contributed by atoms with Gasteiger partial charge in [-0.3, -0.25) is 0 Å². The fraction of sp³-hybridized carbons (Fsp3) is 0.632. The van der Waals surface area contributed by atoms with Crippen molar-refractivity contribution in [2.45, 2.75) is 71.1 Å². The molecule has 1 aromatic rings. The quantitative estimate of drug-likeness (QED) is 0.864. The Balaban J connectivity index is 1.82. The number of hydrogen-bond acceptors (Lipinski definition) is 4. The van der Waals surface area contributed by atoms with Gasteiger partial charge in [0.05, 0.1) is 7.11 Å². The second kappa shape index (κ2) is 7.77. The molecule has 1 aliphatic rings. The summed E-state index contributed by atoms with van der Waals surface area (Å²) in [6, 6.07) is 6.69. The van der Waals surface area contributed by atoms with Crippen molar-refractivity contribution in [3.05, 3.63) is 23.8 Å². The van der Waals surface area contributed by atoms with E-state index in [1.807, 2.05) is 32.9 Å². The van der Waals surface area contributed by atoms with Gasteiger partial charge in [-0.05, 0) is 65.5 Å². The first-order chi connectivity index (χ1) is 11.3. The van der Waals surface area contributed by atoms with Crippen LogP contribution in [0.15, 0.2) is 18.2 Å². The zero-order valence-electron chi connectivity index (χ0n) is 15.4. The molecule has 1 saturated carbocycles. The van der Waals surface area contributed by atoms with Crippen LogP contribution in [0, 0.1) is 6.92 Å². The lowest BCUT2D eigenvalue weighted by molar-refractivity contribution is 0.0492. The molecule has 0 aromatic heterocycles. The molecule has 5 nitrogen and oxygen atoms in total. The average Bonchev–Trinajstić information content (AvgIpc) is 2.49. The third-order valence-corrected chi connectivity index (χ3v) is 4.31. The van der Waals surface area contributed by atoms with Crippen molar-refractivity contribution in [3.63, 3.8) is 0 Å². The zero-order valence-corrected chi connectivity index (χ0v) is 15.4. The number of alkyl carbamates (subject to hydrolysis) is 1. The largest absolute Gasteiger partial charge is 0.496 e. The van der Waals surface area contributed by atoms with Crippen molar-refractivity contribution in [1.29, 1.82) is 0 Å². The van der Waals surface area contributed by atoms with Crippen LogP contribution in [-0.2, 0) is 4.74 Å². The average molecular weight is 334 g/mol. The fourth-order valence-corrected chi connectivity index (χ4v) is 3.07. The van der Waals surface area contributed by atoms with E-state index in [4.69, 9.17) is 9.47 Å². The second-order valence-electron chi connectivity index (χ2n) is 7.47. The molecule has 0 saturated heterocycles. The molecule has 1 aliphatic carbocycles. The molecule has 0 bridgehead atoms. The predicted molar refractivity (Wildman–Crippen MR) is 96.8 cm³/mol. The Bertz CT molecular complexity index is 558. The minimum absolute atomic E-state index is 0.198. The van der Waals surface area contributed by atoms with E-state index in [9.17, 15) is 4.79 Å². The van der Waals surface area contributed by atoms with E-state index in [2.05, 4.69) is 23.6 Å². The Kier molecular flexibility index (Phi) is 5.97. The Labute approximate surface area is 145 Å². The number of hydrogen-bond donors (Lipinski definition) is 2. The van der Waals surface area contributed by atoms with Crippen LogP contribution < -0.4 is 15.4 Å². The second-order valence-corrected chi connectivity index (χ2v) is 7.47. The number of nitrogens with one attached hydrogen (secondary N) is 2. The first-order valence-electron chi connectivity index (χ1n) is 8.68. The summed E-state index contributed by atoms with van der Waals surface area (Å²) in [6.07, 6.45) is 3.65. The van der Waals surface area contributed by atoms with Crippen molar-refractivity contribution in [3.8, 4) is 5.75 Å². The van der Waals surface area contributed by atoms with Crippen molar-refractivity contribution in [2.75, 3.05) is 12.4 Å². The number of carbonyl (C=O) groups is 1. The Morgan fingerprint density at radius 1 is 1.12 bits per heavy atom. The number of carbonyl (C=O) groups excluding carboxylic acids is 1. The maximum atomic E-state index is 11.9. The van der Waals surface area contributed by atoms with Gasteiger partial charge in [0, 0.05) is 23.3 Å². The highest BCUT2D eigenvalue weighted by molar-refractivity contribution is 5.68. The normalized spacial score (nSPS) is 21.0. The van der Waals surface area contributed by atoms with Crippen LogP contribution in [0.5, 0.6) is 5.75 Å². The standard InChI is InChI=1S/C19H30N2O3/c1-13-16(7-6-8-17(13)23-5)20-14-9-11-15(12-10-14)21-18(22)24-19(2,3)4/h6-8,14-15,20H,9-12H2,1-5H3,(H,21,22). The topological polar surface area (TPSA) is 59.6 Å². The van der Waals surface area contributed by atoms with Gasteiger partial charge in [0.25, 0.3) is 0 Å². The molecule has 24 heavy (non-hydrogen) atoms. The number of amides is 1. The summed E-state index contributed by atoms with van der Waals surface area (Å²) >= 11 is 0. The Hall–Kier alpha value is -1.91. The molecular formula is C19H30N2O3. The minimum Gasteiger partial charge on any atom is -0.496 e. The van der Waals surface area contributed by atoms with E-state index in [1.165, 1.54) is 0 Å². The summed E-state index contributed by atoms with van der Waals surface area (Å²) in [5.41, 5.74) is 1.80. The molecule has 0 heterocycles. The molecule has 0 atom stereocenters. The molecule has 1 fully saturated rings. The van der Waals surface area contributed by atoms with Gasteiger partial charge in [0.1, 0.15) is 11.4 Å². The van der Waals surface area contributed by atoms with Gasteiger partial charge in [0.2, 0.25) is 0 Å². The minimum atomic E-state index is -0.452. The molecule has 2 N–H and O–H groups in total. The van der Waals surface area contributed by atoms with Gasteiger partial charge < -0.3 is 20.1 Å². The van der Waals surface area contributed by atoms with E-state index >= 15 is 0 Å². The monoisotopic (exact) mass is 334 g/mol. The summed E-state index contributed by atoms with van der Waals surface area (Å²) in [6.45, 7) is 7.70. The highest BCUT2D eigenvalue weighted by Crippen LogP contribution is 2.28. The van der Waals surface area contributed by atoms with Gasteiger partial charge in [-0.25, -0.2) is 4.79 Å². The fourth-order valence-electron chi connectivity index (χ4n) is 3.07. The molecular weight excluding hydrogens is 304 g/mol. The van der Waals surface area contributed by atoms with Crippen molar-refractivity contribution in [1.82, 2.24) is 5.32 Å². The number of rotatable bonds is 4. The smallest absolute Gasteiger partial charge is 0.407 e. The summed E-state index contributed by atoms with van der Waals surface area (Å²) in [4.78, 5) is 11.9. The highest BCUT2D eigenvalue weighted by Gasteiger charge is 2.25. The summed E-state index contributed by atoms with van der Waals surface area (Å²) in [5.74, 6) is 0.903. The maximum absolute atomic E-state index is 11.9. The van der Waals surface area contributed by atoms with Crippen LogP contribution in [0.1, 0.15) is 52.0 Å². The van der Waals surface area contributed by atoms with Crippen LogP contribution in [0.3, 0.4) is 0 Å². The zero-order chi connectivity index (χ0) is 17.7. The molecule has 0 aliphatic heterocycles. The van der Waals surface area contributed by atoms with E-state index in [0.29, 0.717) is 6.04 Å². The Morgan fingerprint density at radius 3 is 2.33 bits per heavy atom. The van der Waals surface area contributed by atoms with Gasteiger partial charge in [-0.2, -0.15) is 0 Å². The lowest BCUT2D eigenvalue weighted by atomic mass is 9.91. The number of methoxy groups -OCH3 is 1. The predicted octanol–water partition coefficient (Wildman–Crippen LogP) is 4.25. The van der Waals surface area contributed by atoms with Gasteiger partial charge in [-0.15, -0.1) is 0 Å².